The van der Waals surface area contributed by atoms with Crippen LogP contribution in [0.1, 0.15) is 47.5 Å². The zero-order valence-electron chi connectivity index (χ0n) is 9.61. The molecular formula is C11H23NO. The molecule has 0 saturated heterocycles. The van der Waals surface area contributed by atoms with Crippen molar-refractivity contribution in [3.05, 3.63) is 0 Å². The summed E-state index contributed by atoms with van der Waals surface area (Å²) in [4.78, 5) is 11.5. The Morgan fingerprint density at radius 2 is 1.92 bits per heavy atom. The average Bonchev–Trinajstić information content (AvgIpc) is 1.96. The Balaban J connectivity index is 3.83. The Kier molecular flexibility index (Phi) is 5.04. The smallest absolute Gasteiger partial charge is 0.222 e. The van der Waals surface area contributed by atoms with E-state index < -0.39 is 0 Å². The van der Waals surface area contributed by atoms with E-state index in [1.165, 1.54) is 0 Å². The molecule has 0 aliphatic heterocycles. The van der Waals surface area contributed by atoms with Crippen molar-refractivity contribution in [1.29, 1.82) is 0 Å². The molecule has 0 unspecified atom stereocenters. The third-order valence-corrected chi connectivity index (χ3v) is 1.92. The van der Waals surface area contributed by atoms with Crippen LogP contribution < -0.4 is 5.32 Å². The maximum absolute atomic E-state index is 11.5. The monoisotopic (exact) mass is 185 g/mol. The van der Waals surface area contributed by atoms with Crippen LogP contribution >= 0.6 is 0 Å². The highest BCUT2D eigenvalue weighted by atomic mass is 16.1. The Labute approximate surface area is 82.1 Å². The van der Waals surface area contributed by atoms with Gasteiger partial charge in [-0.1, -0.05) is 34.6 Å². The highest BCUT2D eigenvalue weighted by molar-refractivity contribution is 5.78. The van der Waals surface area contributed by atoms with Crippen molar-refractivity contribution in [3.8, 4) is 0 Å². The summed E-state index contributed by atoms with van der Waals surface area (Å²) in [5, 5.41) is 2.92. The van der Waals surface area contributed by atoms with Gasteiger partial charge < -0.3 is 5.32 Å². The first-order valence-electron chi connectivity index (χ1n) is 5.14. The van der Waals surface area contributed by atoms with Crippen molar-refractivity contribution in [2.24, 2.45) is 11.3 Å². The standard InChI is InChI=1S/C11H23NO/c1-6-7-12-10(13)9(2)8-11(3,4)5/h9H,6-8H2,1-5H3,(H,12,13)/t9-/m0/s1. The number of carbonyl (C=O) groups excluding carboxylic acids is 1. The number of hydrogen-bond donors (Lipinski definition) is 1. The SMILES string of the molecule is CCCNC(=O)[C@@H](C)CC(C)(C)C. The summed E-state index contributed by atoms with van der Waals surface area (Å²) in [6.07, 6.45) is 1.95. The largest absolute Gasteiger partial charge is 0.356 e. The third-order valence-electron chi connectivity index (χ3n) is 1.92. The van der Waals surface area contributed by atoms with Crippen LogP contribution in [0.15, 0.2) is 0 Å². The predicted octanol–water partition coefficient (Wildman–Crippen LogP) is 2.58. The van der Waals surface area contributed by atoms with E-state index >= 15 is 0 Å². The second-order valence-electron chi connectivity index (χ2n) is 4.96. The van der Waals surface area contributed by atoms with E-state index in [9.17, 15) is 4.79 Å². The topological polar surface area (TPSA) is 29.1 Å². The van der Waals surface area contributed by atoms with Crippen molar-refractivity contribution in [1.82, 2.24) is 5.32 Å². The van der Waals surface area contributed by atoms with E-state index in [1.54, 1.807) is 0 Å². The van der Waals surface area contributed by atoms with Gasteiger partial charge in [-0.15, -0.1) is 0 Å². The van der Waals surface area contributed by atoms with E-state index in [4.69, 9.17) is 0 Å². The molecule has 78 valence electrons. The van der Waals surface area contributed by atoms with Crippen LogP contribution in [0.4, 0.5) is 0 Å². The van der Waals surface area contributed by atoms with Crippen molar-refractivity contribution in [2.75, 3.05) is 6.54 Å². The van der Waals surface area contributed by atoms with Crippen LogP contribution in [-0.2, 0) is 4.79 Å². The summed E-state index contributed by atoms with van der Waals surface area (Å²) in [5.74, 6) is 0.323. The Morgan fingerprint density at radius 3 is 2.31 bits per heavy atom. The van der Waals surface area contributed by atoms with Crippen LogP contribution in [0, 0.1) is 11.3 Å². The molecule has 2 nitrogen and oxygen atoms in total. The Hall–Kier alpha value is -0.530. The molecule has 1 amide bonds. The minimum Gasteiger partial charge on any atom is -0.356 e. The predicted molar refractivity (Wildman–Crippen MR) is 56.5 cm³/mol. The summed E-state index contributed by atoms with van der Waals surface area (Å²) in [7, 11) is 0. The molecule has 0 fully saturated rings. The van der Waals surface area contributed by atoms with Gasteiger partial charge in [0.25, 0.3) is 0 Å². The molecule has 0 aromatic heterocycles. The molecule has 1 atom stereocenters. The maximum Gasteiger partial charge on any atom is 0.222 e. The molecule has 0 aliphatic carbocycles. The minimum atomic E-state index is 0.131. The molecular weight excluding hydrogens is 162 g/mol. The lowest BCUT2D eigenvalue weighted by molar-refractivity contribution is -0.125. The van der Waals surface area contributed by atoms with E-state index in [2.05, 4.69) is 33.0 Å². The summed E-state index contributed by atoms with van der Waals surface area (Å²) >= 11 is 0. The fourth-order valence-electron chi connectivity index (χ4n) is 1.43. The molecule has 0 aromatic carbocycles. The quantitative estimate of drug-likeness (QED) is 0.716. The van der Waals surface area contributed by atoms with E-state index in [-0.39, 0.29) is 17.2 Å². The molecule has 0 aromatic rings. The summed E-state index contributed by atoms with van der Waals surface area (Å²) in [6.45, 7) is 11.3. The molecule has 0 heterocycles. The summed E-state index contributed by atoms with van der Waals surface area (Å²) < 4.78 is 0. The number of rotatable bonds is 4. The first-order valence-corrected chi connectivity index (χ1v) is 5.14. The van der Waals surface area contributed by atoms with Gasteiger partial charge in [0.1, 0.15) is 0 Å². The van der Waals surface area contributed by atoms with Gasteiger partial charge in [0, 0.05) is 12.5 Å². The van der Waals surface area contributed by atoms with E-state index in [0.717, 1.165) is 19.4 Å². The number of nitrogens with one attached hydrogen (secondary N) is 1. The van der Waals surface area contributed by atoms with Crippen molar-refractivity contribution < 1.29 is 4.79 Å². The average molecular weight is 185 g/mol. The maximum atomic E-state index is 11.5. The first kappa shape index (κ1) is 12.5. The normalized spacial score (nSPS) is 13.9. The van der Waals surface area contributed by atoms with Gasteiger partial charge >= 0.3 is 0 Å². The molecule has 0 aliphatic rings. The van der Waals surface area contributed by atoms with Gasteiger partial charge in [0.2, 0.25) is 5.91 Å². The molecule has 0 spiro atoms. The van der Waals surface area contributed by atoms with Crippen molar-refractivity contribution >= 4 is 5.91 Å². The fraction of sp³-hybridized carbons (Fsp3) is 0.909. The molecule has 0 bridgehead atoms. The minimum absolute atomic E-state index is 0.131. The highest BCUT2D eigenvalue weighted by Gasteiger charge is 2.20. The molecule has 13 heavy (non-hydrogen) atoms. The Bertz CT molecular complexity index is 158. The van der Waals surface area contributed by atoms with Crippen LogP contribution in [-0.4, -0.2) is 12.5 Å². The molecule has 0 radical (unpaired) electrons. The number of carbonyl (C=O) groups is 1. The highest BCUT2D eigenvalue weighted by Crippen LogP contribution is 2.23. The lowest BCUT2D eigenvalue weighted by Crippen LogP contribution is -2.31. The van der Waals surface area contributed by atoms with Crippen LogP contribution in [0.3, 0.4) is 0 Å². The zero-order valence-corrected chi connectivity index (χ0v) is 9.61. The van der Waals surface area contributed by atoms with Gasteiger partial charge in [0.15, 0.2) is 0 Å². The molecule has 0 rings (SSSR count). The molecule has 1 N–H and O–H groups in total. The van der Waals surface area contributed by atoms with Gasteiger partial charge in [-0.05, 0) is 18.3 Å². The Morgan fingerprint density at radius 1 is 1.38 bits per heavy atom. The van der Waals surface area contributed by atoms with Crippen LogP contribution in [0.25, 0.3) is 0 Å². The third kappa shape index (κ3) is 6.62. The molecule has 2 heteroatoms. The second-order valence-corrected chi connectivity index (χ2v) is 4.96. The van der Waals surface area contributed by atoms with Crippen molar-refractivity contribution in [2.45, 2.75) is 47.5 Å². The van der Waals surface area contributed by atoms with Crippen LogP contribution in [0.2, 0.25) is 0 Å². The molecule has 0 saturated carbocycles. The number of amides is 1. The lowest BCUT2D eigenvalue weighted by atomic mass is 9.85. The van der Waals surface area contributed by atoms with Gasteiger partial charge in [0.05, 0.1) is 0 Å². The lowest BCUT2D eigenvalue weighted by Gasteiger charge is -2.22. The zero-order chi connectivity index (χ0) is 10.5. The van der Waals surface area contributed by atoms with Crippen LogP contribution in [0.5, 0.6) is 0 Å². The summed E-state index contributed by atoms with van der Waals surface area (Å²) in [6, 6.07) is 0. The number of hydrogen-bond acceptors (Lipinski definition) is 1. The first-order chi connectivity index (χ1) is 5.87. The van der Waals surface area contributed by atoms with Gasteiger partial charge in [-0.3, -0.25) is 4.79 Å². The van der Waals surface area contributed by atoms with Gasteiger partial charge in [-0.2, -0.15) is 0 Å². The van der Waals surface area contributed by atoms with E-state index in [0.29, 0.717) is 0 Å². The van der Waals surface area contributed by atoms with Gasteiger partial charge in [-0.25, -0.2) is 0 Å². The fourth-order valence-corrected chi connectivity index (χ4v) is 1.43. The van der Waals surface area contributed by atoms with Crippen molar-refractivity contribution in [3.63, 3.8) is 0 Å². The second kappa shape index (κ2) is 5.25. The van der Waals surface area contributed by atoms with E-state index in [1.807, 2.05) is 6.92 Å². The summed E-state index contributed by atoms with van der Waals surface area (Å²) in [5.41, 5.74) is 0.239.